The van der Waals surface area contributed by atoms with Crippen molar-refractivity contribution in [2.75, 3.05) is 0 Å². The van der Waals surface area contributed by atoms with Gasteiger partial charge in [-0.1, -0.05) is 0 Å². The summed E-state index contributed by atoms with van der Waals surface area (Å²) in [6.45, 7) is 2.83. The summed E-state index contributed by atoms with van der Waals surface area (Å²) in [6, 6.07) is -0.00938. The number of carbonyl (C=O) groups is 2. The first kappa shape index (κ1) is 11.4. The molecule has 3 atom stereocenters. The Morgan fingerprint density at radius 3 is 2.50 bits per heavy atom. The topological polar surface area (TPSA) is 75.6 Å². The zero-order chi connectivity index (χ0) is 11.9. The van der Waals surface area contributed by atoms with Crippen molar-refractivity contribution in [1.82, 2.24) is 5.32 Å². The molecule has 0 radical (unpaired) electrons. The maximum absolute atomic E-state index is 11.8. The van der Waals surface area contributed by atoms with Crippen LogP contribution < -0.4 is 5.32 Å². The minimum absolute atomic E-state index is 0.00938. The largest absolute Gasteiger partial charge is 0.480 e. The predicted molar refractivity (Wildman–Crippen MR) is 55.9 cm³/mol. The van der Waals surface area contributed by atoms with Gasteiger partial charge in [0.2, 0.25) is 5.91 Å². The van der Waals surface area contributed by atoms with Crippen LogP contribution in [0, 0.1) is 5.41 Å². The molecular formula is C11H17NO4. The standard InChI is InChI=1S/C11H17NO4/c1-11(2,10(14)15)9(13)12-7-5-6-3-4-8(7)16-6/h6-8H,3-5H2,1-2H3,(H,12,13)(H,14,15). The summed E-state index contributed by atoms with van der Waals surface area (Å²) >= 11 is 0. The number of rotatable bonds is 3. The minimum atomic E-state index is -1.37. The molecule has 0 aromatic rings. The molecule has 2 fully saturated rings. The number of carbonyl (C=O) groups excluding carboxylic acids is 1. The number of amides is 1. The highest BCUT2D eigenvalue weighted by Crippen LogP contribution is 2.34. The van der Waals surface area contributed by atoms with Crippen molar-refractivity contribution in [3.63, 3.8) is 0 Å². The van der Waals surface area contributed by atoms with Gasteiger partial charge in [-0.3, -0.25) is 9.59 Å². The molecule has 0 aromatic heterocycles. The second kappa shape index (κ2) is 3.73. The Balaban J connectivity index is 1.95. The fraction of sp³-hybridized carbons (Fsp3) is 0.818. The molecule has 0 spiro atoms. The van der Waals surface area contributed by atoms with Crippen LogP contribution in [0.3, 0.4) is 0 Å². The molecule has 0 aliphatic carbocycles. The van der Waals surface area contributed by atoms with Gasteiger partial charge in [0.25, 0.3) is 0 Å². The summed E-state index contributed by atoms with van der Waals surface area (Å²) in [5.41, 5.74) is -1.37. The van der Waals surface area contributed by atoms with Crippen molar-refractivity contribution in [3.05, 3.63) is 0 Å². The molecule has 2 aliphatic rings. The number of hydrogen-bond donors (Lipinski definition) is 2. The molecule has 3 unspecified atom stereocenters. The first-order chi connectivity index (χ1) is 7.41. The molecule has 2 heterocycles. The number of carboxylic acid groups (broad SMARTS) is 1. The van der Waals surface area contributed by atoms with Gasteiger partial charge in [0.05, 0.1) is 18.2 Å². The fourth-order valence-electron chi connectivity index (χ4n) is 2.24. The summed E-state index contributed by atoms with van der Waals surface area (Å²) in [4.78, 5) is 22.7. The van der Waals surface area contributed by atoms with E-state index in [-0.39, 0.29) is 18.2 Å². The van der Waals surface area contributed by atoms with Gasteiger partial charge >= 0.3 is 5.97 Å². The highest BCUT2D eigenvalue weighted by Gasteiger charge is 2.44. The normalized spacial score (nSPS) is 32.8. The predicted octanol–water partition coefficient (Wildman–Crippen LogP) is 0.533. The van der Waals surface area contributed by atoms with E-state index in [1.807, 2.05) is 0 Å². The lowest BCUT2D eigenvalue weighted by Gasteiger charge is -2.25. The van der Waals surface area contributed by atoms with Crippen molar-refractivity contribution in [1.29, 1.82) is 0 Å². The van der Waals surface area contributed by atoms with Gasteiger partial charge in [0.15, 0.2) is 0 Å². The molecule has 5 nitrogen and oxygen atoms in total. The van der Waals surface area contributed by atoms with Gasteiger partial charge in [0, 0.05) is 0 Å². The number of nitrogens with one attached hydrogen (secondary N) is 1. The molecule has 2 aliphatic heterocycles. The first-order valence-corrected chi connectivity index (χ1v) is 5.61. The molecule has 2 bridgehead atoms. The molecule has 0 aromatic carbocycles. The third kappa shape index (κ3) is 1.80. The summed E-state index contributed by atoms with van der Waals surface area (Å²) < 4.78 is 5.60. The molecule has 2 rings (SSSR count). The Kier molecular flexibility index (Phi) is 2.66. The molecule has 5 heteroatoms. The van der Waals surface area contributed by atoms with Crippen molar-refractivity contribution >= 4 is 11.9 Å². The summed E-state index contributed by atoms with van der Waals surface area (Å²) in [6.07, 6.45) is 3.16. The van der Waals surface area contributed by atoms with Crippen LogP contribution in [-0.2, 0) is 14.3 Å². The van der Waals surface area contributed by atoms with E-state index in [0.717, 1.165) is 19.3 Å². The number of hydrogen-bond acceptors (Lipinski definition) is 3. The lowest BCUT2D eigenvalue weighted by Crippen LogP contribution is -2.49. The van der Waals surface area contributed by atoms with Gasteiger partial charge in [-0.2, -0.15) is 0 Å². The van der Waals surface area contributed by atoms with Crippen LogP contribution in [0.2, 0.25) is 0 Å². The fourth-order valence-corrected chi connectivity index (χ4v) is 2.24. The summed E-state index contributed by atoms with van der Waals surface area (Å²) in [5, 5.41) is 11.7. The smallest absolute Gasteiger partial charge is 0.318 e. The lowest BCUT2D eigenvalue weighted by molar-refractivity contribution is -0.153. The second-order valence-corrected chi connectivity index (χ2v) is 5.12. The van der Waals surface area contributed by atoms with E-state index < -0.39 is 17.3 Å². The number of ether oxygens (including phenoxy) is 1. The van der Waals surface area contributed by atoms with Crippen LogP contribution in [0.1, 0.15) is 33.1 Å². The number of fused-ring (bicyclic) bond motifs is 2. The van der Waals surface area contributed by atoms with Crippen molar-refractivity contribution < 1.29 is 19.4 Å². The molecule has 2 N–H and O–H groups in total. The first-order valence-electron chi connectivity index (χ1n) is 5.61. The van der Waals surface area contributed by atoms with Crippen molar-refractivity contribution in [2.24, 2.45) is 5.41 Å². The van der Waals surface area contributed by atoms with Gasteiger partial charge in [0.1, 0.15) is 5.41 Å². The Labute approximate surface area is 94.2 Å². The van der Waals surface area contributed by atoms with E-state index in [1.54, 1.807) is 0 Å². The highest BCUT2D eigenvalue weighted by atomic mass is 16.5. The number of aliphatic carboxylic acids is 1. The second-order valence-electron chi connectivity index (χ2n) is 5.12. The Morgan fingerprint density at radius 1 is 1.38 bits per heavy atom. The van der Waals surface area contributed by atoms with Gasteiger partial charge in [-0.15, -0.1) is 0 Å². The van der Waals surface area contributed by atoms with E-state index in [0.29, 0.717) is 0 Å². The molecule has 2 saturated heterocycles. The maximum Gasteiger partial charge on any atom is 0.318 e. The molecule has 90 valence electrons. The van der Waals surface area contributed by atoms with Crippen LogP contribution >= 0.6 is 0 Å². The van der Waals surface area contributed by atoms with E-state index >= 15 is 0 Å². The van der Waals surface area contributed by atoms with Gasteiger partial charge < -0.3 is 15.2 Å². The van der Waals surface area contributed by atoms with E-state index in [4.69, 9.17) is 9.84 Å². The lowest BCUT2D eigenvalue weighted by atomic mass is 9.90. The molecular weight excluding hydrogens is 210 g/mol. The zero-order valence-corrected chi connectivity index (χ0v) is 9.53. The third-order valence-electron chi connectivity index (χ3n) is 3.52. The maximum atomic E-state index is 11.8. The van der Waals surface area contributed by atoms with E-state index in [1.165, 1.54) is 13.8 Å². The van der Waals surface area contributed by atoms with Crippen molar-refractivity contribution in [3.8, 4) is 0 Å². The van der Waals surface area contributed by atoms with Crippen molar-refractivity contribution in [2.45, 2.75) is 51.4 Å². The SMILES string of the molecule is CC(C)(C(=O)O)C(=O)NC1CC2CCC1O2. The van der Waals surface area contributed by atoms with Gasteiger partial charge in [-0.05, 0) is 33.1 Å². The van der Waals surface area contributed by atoms with Crippen LogP contribution in [0.15, 0.2) is 0 Å². The Hall–Kier alpha value is -1.10. The Morgan fingerprint density at radius 2 is 2.06 bits per heavy atom. The third-order valence-corrected chi connectivity index (χ3v) is 3.52. The van der Waals surface area contributed by atoms with Crippen LogP contribution in [-0.4, -0.2) is 35.2 Å². The molecule has 1 amide bonds. The Bertz CT molecular complexity index is 326. The molecule has 16 heavy (non-hydrogen) atoms. The van der Waals surface area contributed by atoms with Crippen LogP contribution in [0.4, 0.5) is 0 Å². The average molecular weight is 227 g/mol. The van der Waals surface area contributed by atoms with Crippen LogP contribution in [0.25, 0.3) is 0 Å². The zero-order valence-electron chi connectivity index (χ0n) is 9.53. The van der Waals surface area contributed by atoms with Crippen LogP contribution in [0.5, 0.6) is 0 Å². The number of carboxylic acids is 1. The summed E-state index contributed by atoms with van der Waals surface area (Å²) in [5.74, 6) is -1.53. The average Bonchev–Trinajstić information content (AvgIpc) is 2.78. The van der Waals surface area contributed by atoms with E-state index in [9.17, 15) is 9.59 Å². The minimum Gasteiger partial charge on any atom is -0.480 e. The highest BCUT2D eigenvalue weighted by molar-refractivity contribution is 6.01. The quantitative estimate of drug-likeness (QED) is 0.690. The summed E-state index contributed by atoms with van der Waals surface area (Å²) in [7, 11) is 0. The van der Waals surface area contributed by atoms with E-state index in [2.05, 4.69) is 5.32 Å². The monoisotopic (exact) mass is 227 g/mol. The molecule has 0 saturated carbocycles. The van der Waals surface area contributed by atoms with Gasteiger partial charge in [-0.25, -0.2) is 0 Å².